The fourth-order valence-electron chi connectivity index (χ4n) is 2.27. The molecule has 1 fully saturated rings. The highest BCUT2D eigenvalue weighted by atomic mass is 16.4. The summed E-state index contributed by atoms with van der Waals surface area (Å²) in [4.78, 5) is 13.1. The summed E-state index contributed by atoms with van der Waals surface area (Å²) in [5.41, 5.74) is 0. The molecule has 1 rings (SSSR count). The van der Waals surface area contributed by atoms with Gasteiger partial charge in [-0.15, -0.1) is 0 Å². The highest BCUT2D eigenvalue weighted by Crippen LogP contribution is 2.20. The number of carboxylic acids is 1. The molecule has 0 aliphatic carbocycles. The molecule has 4 heteroatoms. The lowest BCUT2D eigenvalue weighted by Gasteiger charge is -2.20. The first kappa shape index (κ1) is 12.5. The van der Waals surface area contributed by atoms with Gasteiger partial charge in [0, 0.05) is 13.1 Å². The normalized spacial score (nSPS) is 24.3. The number of nitrogens with zero attached hydrogens (tertiary/aromatic N) is 1. The van der Waals surface area contributed by atoms with E-state index in [1.54, 1.807) is 7.05 Å². The highest BCUT2D eigenvalue weighted by Gasteiger charge is 2.25. The van der Waals surface area contributed by atoms with E-state index >= 15 is 0 Å². The standard InChI is InChI=1S/C11H22N2O2/c1-3-4-9-5-6-13(7-9)8-10(12-2)11(14)15/h9-10,12H,3-8H2,1-2H3,(H,14,15). The molecular formula is C11H22N2O2. The lowest BCUT2D eigenvalue weighted by molar-refractivity contribution is -0.139. The van der Waals surface area contributed by atoms with E-state index in [0.29, 0.717) is 6.54 Å². The smallest absolute Gasteiger partial charge is 0.322 e. The van der Waals surface area contributed by atoms with Gasteiger partial charge < -0.3 is 15.3 Å². The third-order valence-electron chi connectivity index (χ3n) is 3.15. The van der Waals surface area contributed by atoms with Crippen LogP contribution in [-0.2, 0) is 4.79 Å². The van der Waals surface area contributed by atoms with Crippen molar-refractivity contribution in [1.29, 1.82) is 0 Å². The SMILES string of the molecule is CCCC1CCN(CC(NC)C(=O)O)C1. The average molecular weight is 214 g/mol. The van der Waals surface area contributed by atoms with Crippen molar-refractivity contribution < 1.29 is 9.90 Å². The van der Waals surface area contributed by atoms with E-state index in [1.807, 2.05) is 0 Å². The fourth-order valence-corrected chi connectivity index (χ4v) is 2.27. The summed E-state index contributed by atoms with van der Waals surface area (Å²) in [6.07, 6.45) is 3.73. The van der Waals surface area contributed by atoms with Crippen LogP contribution in [0.3, 0.4) is 0 Å². The van der Waals surface area contributed by atoms with Gasteiger partial charge in [0.05, 0.1) is 0 Å². The Morgan fingerprint density at radius 3 is 2.93 bits per heavy atom. The van der Waals surface area contributed by atoms with E-state index in [2.05, 4.69) is 17.1 Å². The van der Waals surface area contributed by atoms with Gasteiger partial charge >= 0.3 is 5.97 Å². The predicted molar refractivity (Wildman–Crippen MR) is 59.9 cm³/mol. The topological polar surface area (TPSA) is 52.6 Å². The second kappa shape index (κ2) is 6.08. The molecule has 2 unspecified atom stereocenters. The average Bonchev–Trinajstić information content (AvgIpc) is 2.62. The van der Waals surface area contributed by atoms with Gasteiger partial charge in [0.25, 0.3) is 0 Å². The van der Waals surface area contributed by atoms with Crippen LogP contribution in [0.1, 0.15) is 26.2 Å². The quantitative estimate of drug-likeness (QED) is 0.686. The molecule has 0 saturated carbocycles. The van der Waals surface area contributed by atoms with Gasteiger partial charge in [0.15, 0.2) is 0 Å². The van der Waals surface area contributed by atoms with E-state index in [1.165, 1.54) is 19.3 Å². The Labute approximate surface area is 91.6 Å². The van der Waals surface area contributed by atoms with Crippen molar-refractivity contribution in [3.8, 4) is 0 Å². The van der Waals surface area contributed by atoms with Crippen molar-refractivity contribution in [2.45, 2.75) is 32.2 Å². The Bertz CT molecular complexity index is 209. The van der Waals surface area contributed by atoms with Crippen LogP contribution in [0.5, 0.6) is 0 Å². The number of carbonyl (C=O) groups is 1. The first-order chi connectivity index (χ1) is 7.17. The Kier molecular flexibility index (Phi) is 5.05. The number of carboxylic acid groups (broad SMARTS) is 1. The van der Waals surface area contributed by atoms with Gasteiger partial charge in [0.2, 0.25) is 0 Å². The molecule has 0 bridgehead atoms. The molecule has 0 amide bonds. The van der Waals surface area contributed by atoms with Crippen LogP contribution in [-0.4, -0.2) is 48.7 Å². The summed E-state index contributed by atoms with van der Waals surface area (Å²) < 4.78 is 0. The molecule has 0 aromatic heterocycles. The summed E-state index contributed by atoms with van der Waals surface area (Å²) in [7, 11) is 1.71. The molecule has 1 aliphatic rings. The summed E-state index contributed by atoms with van der Waals surface area (Å²) in [5, 5.41) is 11.7. The largest absolute Gasteiger partial charge is 0.480 e. The van der Waals surface area contributed by atoms with Crippen molar-refractivity contribution in [3.05, 3.63) is 0 Å². The number of likely N-dealkylation sites (N-methyl/N-ethyl adjacent to an activating group) is 1. The van der Waals surface area contributed by atoms with Crippen molar-refractivity contribution >= 4 is 5.97 Å². The highest BCUT2D eigenvalue weighted by molar-refractivity contribution is 5.73. The van der Waals surface area contributed by atoms with E-state index in [0.717, 1.165) is 19.0 Å². The third kappa shape index (κ3) is 3.80. The number of nitrogens with one attached hydrogen (secondary N) is 1. The maximum atomic E-state index is 10.8. The number of hydrogen-bond acceptors (Lipinski definition) is 3. The first-order valence-corrected chi connectivity index (χ1v) is 5.79. The van der Waals surface area contributed by atoms with Crippen LogP contribution >= 0.6 is 0 Å². The van der Waals surface area contributed by atoms with Crippen LogP contribution in [0.25, 0.3) is 0 Å². The zero-order chi connectivity index (χ0) is 11.3. The minimum Gasteiger partial charge on any atom is -0.480 e. The van der Waals surface area contributed by atoms with Crippen LogP contribution in [0.15, 0.2) is 0 Å². The van der Waals surface area contributed by atoms with E-state index in [9.17, 15) is 4.79 Å². The van der Waals surface area contributed by atoms with Crippen molar-refractivity contribution in [2.24, 2.45) is 5.92 Å². The number of likely N-dealkylation sites (tertiary alicyclic amines) is 1. The molecule has 2 N–H and O–H groups in total. The number of hydrogen-bond donors (Lipinski definition) is 2. The van der Waals surface area contributed by atoms with E-state index in [-0.39, 0.29) is 0 Å². The second-order valence-electron chi connectivity index (χ2n) is 4.38. The maximum Gasteiger partial charge on any atom is 0.322 e. The van der Waals surface area contributed by atoms with Crippen molar-refractivity contribution in [1.82, 2.24) is 10.2 Å². The molecule has 0 aromatic rings. The summed E-state index contributed by atoms with van der Waals surface area (Å²) in [5.74, 6) is 0.0257. The van der Waals surface area contributed by atoms with Gasteiger partial charge in [-0.3, -0.25) is 4.79 Å². The Morgan fingerprint density at radius 1 is 1.67 bits per heavy atom. The van der Waals surface area contributed by atoms with Crippen molar-refractivity contribution in [3.63, 3.8) is 0 Å². The first-order valence-electron chi connectivity index (χ1n) is 5.79. The minimum atomic E-state index is -0.753. The Hall–Kier alpha value is -0.610. The molecule has 88 valence electrons. The van der Waals surface area contributed by atoms with Gasteiger partial charge in [-0.2, -0.15) is 0 Å². The van der Waals surface area contributed by atoms with E-state index < -0.39 is 12.0 Å². The van der Waals surface area contributed by atoms with Gasteiger partial charge in [-0.05, 0) is 32.4 Å². The molecular weight excluding hydrogens is 192 g/mol. The number of aliphatic carboxylic acids is 1. The monoisotopic (exact) mass is 214 g/mol. The van der Waals surface area contributed by atoms with E-state index in [4.69, 9.17) is 5.11 Å². The van der Waals surface area contributed by atoms with Gasteiger partial charge in [-0.25, -0.2) is 0 Å². The second-order valence-corrected chi connectivity index (χ2v) is 4.38. The van der Waals surface area contributed by atoms with Crippen LogP contribution in [0.2, 0.25) is 0 Å². The third-order valence-corrected chi connectivity index (χ3v) is 3.15. The Morgan fingerprint density at radius 2 is 2.40 bits per heavy atom. The fraction of sp³-hybridized carbons (Fsp3) is 0.909. The molecule has 2 atom stereocenters. The molecule has 1 heterocycles. The molecule has 0 aromatic carbocycles. The predicted octanol–water partition coefficient (Wildman–Crippen LogP) is 0.781. The minimum absolute atomic E-state index is 0.426. The zero-order valence-electron chi connectivity index (χ0n) is 9.70. The van der Waals surface area contributed by atoms with Crippen LogP contribution in [0.4, 0.5) is 0 Å². The van der Waals surface area contributed by atoms with Gasteiger partial charge in [-0.1, -0.05) is 13.3 Å². The zero-order valence-corrected chi connectivity index (χ0v) is 9.70. The summed E-state index contributed by atoms with van der Waals surface area (Å²) in [6, 6.07) is -0.426. The molecule has 1 aliphatic heterocycles. The van der Waals surface area contributed by atoms with Crippen molar-refractivity contribution in [2.75, 3.05) is 26.7 Å². The van der Waals surface area contributed by atoms with Crippen LogP contribution < -0.4 is 5.32 Å². The lowest BCUT2D eigenvalue weighted by Crippen LogP contribution is -2.43. The molecule has 15 heavy (non-hydrogen) atoms. The molecule has 0 spiro atoms. The summed E-state index contributed by atoms with van der Waals surface area (Å²) >= 11 is 0. The Balaban J connectivity index is 2.31. The molecule has 4 nitrogen and oxygen atoms in total. The maximum absolute atomic E-state index is 10.8. The molecule has 0 radical (unpaired) electrons. The summed E-state index contributed by atoms with van der Waals surface area (Å²) in [6.45, 7) is 4.96. The van der Waals surface area contributed by atoms with Gasteiger partial charge in [0.1, 0.15) is 6.04 Å². The number of rotatable bonds is 6. The molecule has 1 saturated heterocycles. The lowest BCUT2D eigenvalue weighted by atomic mass is 10.0. The van der Waals surface area contributed by atoms with Crippen LogP contribution in [0, 0.1) is 5.92 Å².